The maximum absolute atomic E-state index is 12.9. The Labute approximate surface area is 182 Å². The molecule has 0 atom stereocenters. The van der Waals surface area contributed by atoms with Gasteiger partial charge in [0.2, 0.25) is 0 Å². The summed E-state index contributed by atoms with van der Waals surface area (Å²) in [6.45, 7) is 2.11. The molecule has 2 aromatic rings. The van der Waals surface area contributed by atoms with Crippen molar-refractivity contribution in [3.63, 3.8) is 0 Å². The Morgan fingerprint density at radius 3 is 2.74 bits per heavy atom. The number of ether oxygens (including phenoxy) is 1. The molecule has 0 unspecified atom stereocenters. The van der Waals surface area contributed by atoms with Crippen LogP contribution in [-0.4, -0.2) is 37.3 Å². The van der Waals surface area contributed by atoms with Crippen molar-refractivity contribution in [2.24, 2.45) is 10.1 Å². The molecular weight excluding hydrogens is 416 g/mol. The van der Waals surface area contributed by atoms with E-state index in [4.69, 9.17) is 10.5 Å². The molecule has 0 spiro atoms. The predicted molar refractivity (Wildman–Crippen MR) is 118 cm³/mol. The molecule has 0 saturated heterocycles. The van der Waals surface area contributed by atoms with Gasteiger partial charge in [-0.3, -0.25) is 9.78 Å². The number of amides is 1. The molecular formula is C22H26N4O4S. The number of pyridine rings is 1. The zero-order valence-electron chi connectivity index (χ0n) is 17.4. The van der Waals surface area contributed by atoms with E-state index in [0.717, 1.165) is 37.8 Å². The van der Waals surface area contributed by atoms with E-state index in [0.29, 0.717) is 22.4 Å². The molecule has 8 nitrogen and oxygen atoms in total. The second-order valence-electron chi connectivity index (χ2n) is 8.26. The minimum absolute atomic E-state index is 0.0640. The normalized spacial score (nSPS) is 19.1. The Bertz CT molecular complexity index is 1140. The standard InChI is InChI=1S/C22H26N4O4S/c1-15-12-16(8-11-24-15)21(27)25-22(9-3-2-4-10-22)14-30-18-7-5-6-17-13-31(28,29)26-20(23)19(17)18/h5-8,11-12H,2-4,9-10,13-14H2,1H3,(H2,23,26)(H,25,27). The van der Waals surface area contributed by atoms with E-state index in [2.05, 4.69) is 14.7 Å². The SMILES string of the molecule is Cc1cc(C(=O)NC2(COc3cccc4c3C(N)=NS(=O)(=O)C4)CCCCC2)ccn1. The van der Waals surface area contributed by atoms with Crippen molar-refractivity contribution >= 4 is 21.8 Å². The van der Waals surface area contributed by atoms with Crippen molar-refractivity contribution in [2.75, 3.05) is 6.61 Å². The Morgan fingerprint density at radius 1 is 1.23 bits per heavy atom. The maximum Gasteiger partial charge on any atom is 0.259 e. The number of hydrogen-bond donors (Lipinski definition) is 2. The second kappa shape index (κ2) is 8.30. The predicted octanol–water partition coefficient (Wildman–Crippen LogP) is 2.45. The number of carbonyl (C=O) groups excluding carboxylic acids is 1. The number of sulfonamides is 1. The minimum Gasteiger partial charge on any atom is -0.490 e. The van der Waals surface area contributed by atoms with Gasteiger partial charge in [-0.1, -0.05) is 31.4 Å². The Morgan fingerprint density at radius 2 is 2.00 bits per heavy atom. The molecule has 9 heteroatoms. The summed E-state index contributed by atoms with van der Waals surface area (Å²) in [5, 5.41) is 3.20. The molecule has 1 amide bonds. The van der Waals surface area contributed by atoms with Crippen LogP contribution < -0.4 is 15.8 Å². The summed E-state index contributed by atoms with van der Waals surface area (Å²) >= 11 is 0. The molecule has 1 saturated carbocycles. The zero-order valence-corrected chi connectivity index (χ0v) is 18.2. The molecule has 1 aromatic heterocycles. The van der Waals surface area contributed by atoms with Crippen LogP contribution >= 0.6 is 0 Å². The van der Waals surface area contributed by atoms with E-state index in [-0.39, 0.29) is 24.1 Å². The van der Waals surface area contributed by atoms with E-state index >= 15 is 0 Å². The van der Waals surface area contributed by atoms with Crippen LogP contribution in [0.5, 0.6) is 5.75 Å². The van der Waals surface area contributed by atoms with Crippen LogP contribution in [-0.2, 0) is 15.8 Å². The van der Waals surface area contributed by atoms with Crippen molar-refractivity contribution in [3.05, 3.63) is 58.9 Å². The summed E-state index contributed by atoms with van der Waals surface area (Å²) in [6, 6.07) is 8.67. The number of nitrogens with two attached hydrogens (primary N) is 1. The van der Waals surface area contributed by atoms with Crippen LogP contribution in [0, 0.1) is 6.92 Å². The molecule has 0 bridgehead atoms. The van der Waals surface area contributed by atoms with Gasteiger partial charge in [0.05, 0.1) is 16.9 Å². The number of aryl methyl sites for hydroxylation is 1. The Balaban J connectivity index is 1.57. The molecule has 2 aliphatic rings. The highest BCUT2D eigenvalue weighted by atomic mass is 32.2. The molecule has 0 radical (unpaired) electrons. The molecule has 3 N–H and O–H groups in total. The summed E-state index contributed by atoms with van der Waals surface area (Å²) in [7, 11) is -3.61. The molecule has 31 heavy (non-hydrogen) atoms. The van der Waals surface area contributed by atoms with E-state index in [1.807, 2.05) is 6.92 Å². The number of carbonyl (C=O) groups is 1. The lowest BCUT2D eigenvalue weighted by Crippen LogP contribution is -2.54. The quantitative estimate of drug-likeness (QED) is 0.733. The van der Waals surface area contributed by atoms with Crippen molar-refractivity contribution in [2.45, 2.75) is 50.3 Å². The van der Waals surface area contributed by atoms with Gasteiger partial charge in [0.1, 0.15) is 18.2 Å². The highest BCUT2D eigenvalue weighted by Crippen LogP contribution is 2.32. The summed E-state index contributed by atoms with van der Waals surface area (Å²) in [5.74, 6) is 0.0560. The highest BCUT2D eigenvalue weighted by Gasteiger charge is 2.35. The first-order chi connectivity index (χ1) is 14.8. The van der Waals surface area contributed by atoms with Gasteiger partial charge in [-0.15, -0.1) is 4.40 Å². The first kappa shape index (κ1) is 21.3. The third kappa shape index (κ3) is 4.71. The fourth-order valence-corrected chi connectivity index (χ4v) is 5.37. The number of amidine groups is 1. The van der Waals surface area contributed by atoms with E-state index < -0.39 is 15.6 Å². The lowest BCUT2D eigenvalue weighted by Gasteiger charge is -2.38. The van der Waals surface area contributed by atoms with Gasteiger partial charge in [0, 0.05) is 17.5 Å². The topological polar surface area (TPSA) is 124 Å². The monoisotopic (exact) mass is 442 g/mol. The van der Waals surface area contributed by atoms with Crippen LogP contribution in [0.2, 0.25) is 0 Å². The number of fused-ring (bicyclic) bond motifs is 1. The van der Waals surface area contributed by atoms with Crippen LogP contribution in [0.4, 0.5) is 0 Å². The van der Waals surface area contributed by atoms with Gasteiger partial charge in [0.15, 0.2) is 0 Å². The third-order valence-electron chi connectivity index (χ3n) is 5.80. The number of rotatable bonds is 5. The average molecular weight is 443 g/mol. The van der Waals surface area contributed by atoms with Crippen LogP contribution in [0.1, 0.15) is 59.3 Å². The average Bonchev–Trinajstić information content (AvgIpc) is 2.72. The molecule has 1 aliphatic heterocycles. The number of nitrogens with one attached hydrogen (secondary N) is 1. The largest absolute Gasteiger partial charge is 0.490 e. The van der Waals surface area contributed by atoms with Crippen molar-refractivity contribution in [1.82, 2.24) is 10.3 Å². The number of hydrogen-bond acceptors (Lipinski definition) is 6. The van der Waals surface area contributed by atoms with Crippen molar-refractivity contribution in [3.8, 4) is 5.75 Å². The van der Waals surface area contributed by atoms with Gasteiger partial charge < -0.3 is 15.8 Å². The first-order valence-electron chi connectivity index (χ1n) is 10.4. The summed E-state index contributed by atoms with van der Waals surface area (Å²) in [6.07, 6.45) is 6.33. The van der Waals surface area contributed by atoms with Gasteiger partial charge in [-0.05, 0) is 43.5 Å². The van der Waals surface area contributed by atoms with E-state index in [1.165, 1.54) is 0 Å². The Kier molecular flexibility index (Phi) is 5.70. The molecule has 1 aliphatic carbocycles. The summed E-state index contributed by atoms with van der Waals surface area (Å²) in [4.78, 5) is 17.1. The molecule has 2 heterocycles. The highest BCUT2D eigenvalue weighted by molar-refractivity contribution is 7.89. The fraction of sp³-hybridized carbons (Fsp3) is 0.409. The van der Waals surface area contributed by atoms with E-state index in [1.54, 1.807) is 36.5 Å². The van der Waals surface area contributed by atoms with Crippen LogP contribution in [0.15, 0.2) is 40.9 Å². The maximum atomic E-state index is 12.9. The number of benzene rings is 1. The summed E-state index contributed by atoms with van der Waals surface area (Å²) < 4.78 is 33.6. The molecule has 1 fully saturated rings. The minimum atomic E-state index is -3.61. The van der Waals surface area contributed by atoms with Gasteiger partial charge >= 0.3 is 0 Å². The van der Waals surface area contributed by atoms with E-state index in [9.17, 15) is 13.2 Å². The molecule has 4 rings (SSSR count). The lowest BCUT2D eigenvalue weighted by atomic mass is 9.82. The van der Waals surface area contributed by atoms with Crippen molar-refractivity contribution < 1.29 is 17.9 Å². The molecule has 164 valence electrons. The van der Waals surface area contributed by atoms with Crippen LogP contribution in [0.25, 0.3) is 0 Å². The molecule has 1 aromatic carbocycles. The number of aromatic nitrogens is 1. The smallest absolute Gasteiger partial charge is 0.259 e. The zero-order chi connectivity index (χ0) is 22.1. The lowest BCUT2D eigenvalue weighted by molar-refractivity contribution is 0.0788. The third-order valence-corrected chi connectivity index (χ3v) is 6.95. The van der Waals surface area contributed by atoms with Gasteiger partial charge in [-0.2, -0.15) is 0 Å². The van der Waals surface area contributed by atoms with Crippen LogP contribution in [0.3, 0.4) is 0 Å². The number of nitrogens with zero attached hydrogens (tertiary/aromatic N) is 2. The fourth-order valence-electron chi connectivity index (χ4n) is 4.28. The van der Waals surface area contributed by atoms with Crippen molar-refractivity contribution in [1.29, 1.82) is 0 Å². The Hall–Kier alpha value is -2.94. The van der Waals surface area contributed by atoms with Gasteiger partial charge in [-0.25, -0.2) is 8.42 Å². The second-order valence-corrected chi connectivity index (χ2v) is 9.90. The van der Waals surface area contributed by atoms with Gasteiger partial charge in [0.25, 0.3) is 15.9 Å². The first-order valence-corrected chi connectivity index (χ1v) is 12.0. The summed E-state index contributed by atoms with van der Waals surface area (Å²) in [5.41, 5.74) is 7.87.